The van der Waals surface area contributed by atoms with Crippen molar-refractivity contribution in [2.75, 3.05) is 5.33 Å². The van der Waals surface area contributed by atoms with Crippen LogP contribution in [0.2, 0.25) is 0 Å². The molecule has 1 aliphatic carbocycles. The molecule has 0 aromatic heterocycles. The molecule has 2 rings (SSSR count). The summed E-state index contributed by atoms with van der Waals surface area (Å²) in [5, 5.41) is 3.94. The number of carbonyl (C=O) groups is 1. The molecule has 1 aromatic rings. The molecule has 16 heavy (non-hydrogen) atoms. The lowest BCUT2D eigenvalue weighted by Gasteiger charge is -2.14. The fourth-order valence-corrected chi connectivity index (χ4v) is 2.54. The van der Waals surface area contributed by atoms with Crippen molar-refractivity contribution in [1.29, 1.82) is 0 Å². The molecule has 0 aliphatic heterocycles. The van der Waals surface area contributed by atoms with Gasteiger partial charge in [-0.05, 0) is 30.5 Å². The molecule has 0 spiro atoms. The van der Waals surface area contributed by atoms with Crippen LogP contribution in [-0.4, -0.2) is 16.8 Å². The number of hydrogen-bond acceptors (Lipinski definition) is 1. The van der Waals surface area contributed by atoms with Crippen LogP contribution >= 0.6 is 31.9 Å². The Hall–Kier alpha value is -0.350. The summed E-state index contributed by atoms with van der Waals surface area (Å²) in [5.74, 6) is 0.110. The van der Waals surface area contributed by atoms with Gasteiger partial charge in [0.25, 0.3) is 0 Å². The zero-order valence-electron chi connectivity index (χ0n) is 8.80. The lowest BCUT2D eigenvalue weighted by atomic mass is 10.1. The minimum atomic E-state index is 0.0481. The third-order valence-corrected chi connectivity index (χ3v) is 4.39. The van der Waals surface area contributed by atoms with Crippen molar-refractivity contribution in [3.05, 3.63) is 34.3 Å². The number of hydrogen-bond donors (Lipinski definition) is 1. The summed E-state index contributed by atoms with van der Waals surface area (Å²) in [7, 11) is 0. The van der Waals surface area contributed by atoms with E-state index in [-0.39, 0.29) is 11.4 Å². The van der Waals surface area contributed by atoms with Crippen molar-refractivity contribution >= 4 is 37.8 Å². The lowest BCUT2D eigenvalue weighted by Crippen LogP contribution is -2.38. The van der Waals surface area contributed by atoms with Crippen LogP contribution in [-0.2, 0) is 11.2 Å². The molecule has 1 fully saturated rings. The second-order valence-corrected chi connectivity index (χ2v) is 5.74. The molecule has 4 heteroatoms. The Kier molecular flexibility index (Phi) is 3.70. The second kappa shape index (κ2) is 4.88. The smallest absolute Gasteiger partial charge is 0.224 e. The molecule has 0 radical (unpaired) electrons. The summed E-state index contributed by atoms with van der Waals surface area (Å²) in [6.45, 7) is 0. The predicted molar refractivity (Wildman–Crippen MR) is 71.7 cm³/mol. The average molecular weight is 347 g/mol. The van der Waals surface area contributed by atoms with E-state index in [1.54, 1.807) is 0 Å². The number of alkyl halides is 1. The van der Waals surface area contributed by atoms with E-state index in [4.69, 9.17) is 0 Å². The molecule has 1 amide bonds. The van der Waals surface area contributed by atoms with E-state index in [9.17, 15) is 4.79 Å². The molecular formula is C12H13Br2NO. The molecule has 1 N–H and O–H groups in total. The number of benzene rings is 1. The maximum Gasteiger partial charge on any atom is 0.224 e. The van der Waals surface area contributed by atoms with Crippen LogP contribution in [0, 0.1) is 0 Å². The Morgan fingerprint density at radius 2 is 1.94 bits per heavy atom. The van der Waals surface area contributed by atoms with E-state index in [2.05, 4.69) is 37.2 Å². The lowest BCUT2D eigenvalue weighted by molar-refractivity contribution is -0.121. The van der Waals surface area contributed by atoms with Gasteiger partial charge in [0.15, 0.2) is 0 Å². The van der Waals surface area contributed by atoms with Gasteiger partial charge in [0.05, 0.1) is 6.42 Å². The van der Waals surface area contributed by atoms with Crippen LogP contribution in [0.25, 0.3) is 0 Å². The van der Waals surface area contributed by atoms with Gasteiger partial charge in [-0.25, -0.2) is 0 Å². The van der Waals surface area contributed by atoms with Gasteiger partial charge in [-0.3, -0.25) is 4.79 Å². The van der Waals surface area contributed by atoms with E-state index in [0.717, 1.165) is 28.2 Å². The fourth-order valence-electron chi connectivity index (χ4n) is 1.57. The summed E-state index contributed by atoms with van der Waals surface area (Å²) < 4.78 is 1.04. The summed E-state index contributed by atoms with van der Waals surface area (Å²) >= 11 is 6.81. The number of amides is 1. The highest BCUT2D eigenvalue weighted by molar-refractivity contribution is 9.10. The van der Waals surface area contributed by atoms with Gasteiger partial charge < -0.3 is 5.32 Å². The van der Waals surface area contributed by atoms with Crippen LogP contribution in [0.15, 0.2) is 28.7 Å². The van der Waals surface area contributed by atoms with Gasteiger partial charge in [-0.1, -0.05) is 44.0 Å². The zero-order chi connectivity index (χ0) is 11.6. The van der Waals surface area contributed by atoms with Crippen LogP contribution < -0.4 is 5.32 Å². The Morgan fingerprint density at radius 3 is 2.44 bits per heavy atom. The van der Waals surface area contributed by atoms with Gasteiger partial charge in [0.2, 0.25) is 5.91 Å². The van der Waals surface area contributed by atoms with Crippen molar-refractivity contribution in [2.24, 2.45) is 0 Å². The van der Waals surface area contributed by atoms with Gasteiger partial charge in [0.1, 0.15) is 0 Å². The van der Waals surface area contributed by atoms with E-state index in [0.29, 0.717) is 6.42 Å². The Balaban J connectivity index is 1.90. The minimum Gasteiger partial charge on any atom is -0.350 e. The van der Waals surface area contributed by atoms with E-state index in [1.807, 2.05) is 24.3 Å². The third-order valence-electron chi connectivity index (χ3n) is 2.79. The van der Waals surface area contributed by atoms with Gasteiger partial charge in [0, 0.05) is 15.3 Å². The van der Waals surface area contributed by atoms with Gasteiger partial charge in [-0.2, -0.15) is 0 Å². The van der Waals surface area contributed by atoms with Crippen LogP contribution in [0.1, 0.15) is 18.4 Å². The monoisotopic (exact) mass is 345 g/mol. The van der Waals surface area contributed by atoms with Gasteiger partial charge in [-0.15, -0.1) is 0 Å². The van der Waals surface area contributed by atoms with Crippen LogP contribution in [0.3, 0.4) is 0 Å². The first kappa shape index (κ1) is 12.1. The Labute approximate surface area is 112 Å². The number of rotatable bonds is 4. The molecule has 2 nitrogen and oxygen atoms in total. The summed E-state index contributed by atoms with van der Waals surface area (Å²) in [6, 6.07) is 7.86. The Bertz CT molecular complexity index is 385. The average Bonchev–Trinajstić information content (AvgIpc) is 3.02. The summed E-state index contributed by atoms with van der Waals surface area (Å²) in [6.07, 6.45) is 2.64. The first-order valence-electron chi connectivity index (χ1n) is 5.25. The minimum absolute atomic E-state index is 0.0481. The maximum atomic E-state index is 11.8. The molecule has 0 heterocycles. The molecule has 0 atom stereocenters. The van der Waals surface area contributed by atoms with Crippen molar-refractivity contribution in [3.8, 4) is 0 Å². The molecule has 0 bridgehead atoms. The highest BCUT2D eigenvalue weighted by Gasteiger charge is 2.42. The molecule has 1 aliphatic rings. The zero-order valence-corrected chi connectivity index (χ0v) is 12.0. The largest absolute Gasteiger partial charge is 0.350 e. The van der Waals surface area contributed by atoms with Crippen LogP contribution in [0.5, 0.6) is 0 Å². The Morgan fingerprint density at radius 1 is 1.31 bits per heavy atom. The molecule has 0 unspecified atom stereocenters. The normalized spacial score (nSPS) is 16.9. The standard InChI is InChI=1S/C12H13Br2NO/c13-8-12(5-6-12)15-11(16)7-9-1-3-10(14)4-2-9/h1-4H,5-8H2,(H,15,16). The second-order valence-electron chi connectivity index (χ2n) is 4.27. The summed E-state index contributed by atoms with van der Waals surface area (Å²) in [4.78, 5) is 11.8. The predicted octanol–water partition coefficient (Wildman–Crippen LogP) is 3.04. The van der Waals surface area contributed by atoms with Crippen molar-refractivity contribution in [3.63, 3.8) is 0 Å². The number of halogens is 2. The fraction of sp³-hybridized carbons (Fsp3) is 0.417. The molecular weight excluding hydrogens is 334 g/mol. The first-order chi connectivity index (χ1) is 7.63. The molecule has 86 valence electrons. The maximum absolute atomic E-state index is 11.8. The first-order valence-corrected chi connectivity index (χ1v) is 7.16. The van der Waals surface area contributed by atoms with Crippen LogP contribution in [0.4, 0.5) is 0 Å². The molecule has 0 saturated heterocycles. The molecule has 1 aromatic carbocycles. The van der Waals surface area contributed by atoms with Crippen molar-refractivity contribution in [1.82, 2.24) is 5.32 Å². The highest BCUT2D eigenvalue weighted by atomic mass is 79.9. The summed E-state index contributed by atoms with van der Waals surface area (Å²) in [5.41, 5.74) is 1.10. The SMILES string of the molecule is O=C(Cc1ccc(Br)cc1)NC1(CBr)CC1. The van der Waals surface area contributed by atoms with Crippen molar-refractivity contribution < 1.29 is 4.79 Å². The molecule has 1 saturated carbocycles. The van der Waals surface area contributed by atoms with E-state index < -0.39 is 0 Å². The topological polar surface area (TPSA) is 29.1 Å². The van der Waals surface area contributed by atoms with Crippen molar-refractivity contribution in [2.45, 2.75) is 24.8 Å². The number of nitrogens with one attached hydrogen (secondary N) is 1. The quantitative estimate of drug-likeness (QED) is 0.834. The highest BCUT2D eigenvalue weighted by Crippen LogP contribution is 2.36. The third kappa shape index (κ3) is 3.08. The van der Waals surface area contributed by atoms with E-state index >= 15 is 0 Å². The van der Waals surface area contributed by atoms with Gasteiger partial charge >= 0.3 is 0 Å². The number of carbonyl (C=O) groups excluding carboxylic acids is 1. The van der Waals surface area contributed by atoms with E-state index in [1.165, 1.54) is 0 Å².